The summed E-state index contributed by atoms with van der Waals surface area (Å²) in [5.41, 5.74) is 2.68. The maximum atomic E-state index is 12.5. The number of thiophene rings is 1. The van der Waals surface area contributed by atoms with Crippen LogP contribution >= 0.6 is 34.7 Å². The zero-order chi connectivity index (χ0) is 22.7. The van der Waals surface area contributed by atoms with Gasteiger partial charge in [0.15, 0.2) is 11.0 Å². The van der Waals surface area contributed by atoms with Crippen LogP contribution in [0.2, 0.25) is 5.02 Å². The highest BCUT2D eigenvalue weighted by atomic mass is 35.5. The van der Waals surface area contributed by atoms with E-state index in [1.54, 1.807) is 6.07 Å². The van der Waals surface area contributed by atoms with E-state index in [9.17, 15) is 10.1 Å². The molecule has 1 aliphatic rings. The van der Waals surface area contributed by atoms with Crippen molar-refractivity contribution in [2.45, 2.75) is 44.4 Å². The highest BCUT2D eigenvalue weighted by Crippen LogP contribution is 2.37. The summed E-state index contributed by atoms with van der Waals surface area (Å²) in [6, 6.07) is 7.72. The van der Waals surface area contributed by atoms with Gasteiger partial charge in [-0.2, -0.15) is 5.26 Å². The molecule has 1 aliphatic carbocycles. The fraction of sp³-hybridized carbons (Fsp3) is 0.364. The number of benzene rings is 1. The van der Waals surface area contributed by atoms with Crippen LogP contribution in [-0.2, 0) is 31.3 Å². The van der Waals surface area contributed by atoms with E-state index in [1.807, 2.05) is 30.7 Å². The minimum Gasteiger partial charge on any atom is -0.485 e. The van der Waals surface area contributed by atoms with E-state index >= 15 is 0 Å². The average Bonchev–Trinajstić information content (AvgIpc) is 3.30. The monoisotopic (exact) mass is 487 g/mol. The molecule has 0 bridgehead atoms. The summed E-state index contributed by atoms with van der Waals surface area (Å²) in [4.78, 5) is 13.8. The number of nitrogens with one attached hydrogen (secondary N) is 1. The van der Waals surface area contributed by atoms with Gasteiger partial charge < -0.3 is 14.6 Å². The number of ether oxygens (including phenoxy) is 1. The largest absolute Gasteiger partial charge is 0.485 e. The SMILES string of the molecule is Cc1cc(Cl)ccc1OCc1nnc(SCC(=O)Nc2sc3c(c2C#N)CCCC3)n1C. The molecule has 2 heterocycles. The van der Waals surface area contributed by atoms with Crippen LogP contribution in [0.1, 0.15) is 40.2 Å². The Hall–Kier alpha value is -2.54. The maximum absolute atomic E-state index is 12.5. The molecule has 7 nitrogen and oxygen atoms in total. The van der Waals surface area contributed by atoms with Crippen LogP contribution in [-0.4, -0.2) is 26.4 Å². The number of aryl methyl sites for hydroxylation is 2. The fourth-order valence-electron chi connectivity index (χ4n) is 3.58. The molecule has 0 saturated heterocycles. The van der Waals surface area contributed by atoms with Gasteiger partial charge in [-0.3, -0.25) is 4.79 Å². The molecular weight excluding hydrogens is 466 g/mol. The first-order valence-electron chi connectivity index (χ1n) is 10.2. The summed E-state index contributed by atoms with van der Waals surface area (Å²) in [5, 5.41) is 22.8. The predicted molar refractivity (Wildman–Crippen MR) is 127 cm³/mol. The first kappa shape index (κ1) is 22.6. The molecule has 1 amide bonds. The Morgan fingerprint density at radius 3 is 2.97 bits per heavy atom. The summed E-state index contributed by atoms with van der Waals surface area (Å²) in [6.07, 6.45) is 4.13. The minimum absolute atomic E-state index is 0.164. The van der Waals surface area contributed by atoms with E-state index in [0.29, 0.717) is 26.6 Å². The van der Waals surface area contributed by atoms with Crippen LogP contribution < -0.4 is 10.1 Å². The second-order valence-corrected chi connectivity index (χ2v) is 10.0. The number of aromatic nitrogens is 3. The number of carbonyl (C=O) groups is 1. The number of amides is 1. The normalized spacial score (nSPS) is 12.8. The number of fused-ring (bicyclic) bond motifs is 1. The van der Waals surface area contributed by atoms with Crippen molar-refractivity contribution in [1.29, 1.82) is 5.26 Å². The van der Waals surface area contributed by atoms with E-state index in [4.69, 9.17) is 16.3 Å². The van der Waals surface area contributed by atoms with E-state index in [2.05, 4.69) is 21.6 Å². The van der Waals surface area contributed by atoms with Gasteiger partial charge in [0.05, 0.1) is 11.3 Å². The van der Waals surface area contributed by atoms with E-state index in [0.717, 1.165) is 42.6 Å². The van der Waals surface area contributed by atoms with Crippen LogP contribution in [0.3, 0.4) is 0 Å². The lowest BCUT2D eigenvalue weighted by atomic mass is 9.96. The standard InChI is InChI=1S/C22H22ClN5O2S2/c1-13-9-14(23)7-8-17(13)30-11-19-26-27-22(28(19)2)31-12-20(29)25-21-16(10-24)15-5-3-4-6-18(15)32-21/h7-9H,3-6,11-12H2,1-2H3,(H,25,29). The van der Waals surface area contributed by atoms with Gasteiger partial charge >= 0.3 is 0 Å². The Bertz CT molecular complexity index is 1200. The first-order chi connectivity index (χ1) is 15.5. The summed E-state index contributed by atoms with van der Waals surface area (Å²) in [6.45, 7) is 2.19. The number of hydrogen-bond acceptors (Lipinski definition) is 7. The molecule has 0 fully saturated rings. The zero-order valence-electron chi connectivity index (χ0n) is 17.8. The topological polar surface area (TPSA) is 92.8 Å². The third-order valence-electron chi connectivity index (χ3n) is 5.29. The number of hydrogen-bond donors (Lipinski definition) is 1. The van der Waals surface area contributed by atoms with Gasteiger partial charge in [-0.15, -0.1) is 21.5 Å². The molecule has 0 unspecified atom stereocenters. The second-order valence-electron chi connectivity index (χ2n) is 7.52. The number of nitriles is 1. The Labute approximate surface area is 199 Å². The predicted octanol–water partition coefficient (Wildman–Crippen LogP) is 4.90. The molecule has 0 spiro atoms. The van der Waals surface area contributed by atoms with Crippen molar-refractivity contribution < 1.29 is 9.53 Å². The molecule has 166 valence electrons. The van der Waals surface area contributed by atoms with E-state index in [1.165, 1.54) is 28.0 Å². The molecular formula is C22H22ClN5O2S2. The Kier molecular flexibility index (Phi) is 7.04. The number of anilines is 1. The molecule has 4 rings (SSSR count). The molecule has 0 aliphatic heterocycles. The number of carbonyl (C=O) groups excluding carboxylic acids is 1. The third kappa shape index (κ3) is 4.93. The Morgan fingerprint density at radius 2 is 2.19 bits per heavy atom. The molecule has 0 atom stereocenters. The maximum Gasteiger partial charge on any atom is 0.235 e. The molecule has 10 heteroatoms. The van der Waals surface area contributed by atoms with E-state index < -0.39 is 0 Å². The van der Waals surface area contributed by atoms with Crippen LogP contribution in [0.5, 0.6) is 5.75 Å². The summed E-state index contributed by atoms with van der Waals surface area (Å²) >= 11 is 8.81. The summed E-state index contributed by atoms with van der Waals surface area (Å²) < 4.78 is 7.66. The van der Waals surface area contributed by atoms with Gasteiger partial charge in [0.25, 0.3) is 0 Å². The molecule has 2 aromatic heterocycles. The number of halogens is 1. The zero-order valence-corrected chi connectivity index (χ0v) is 20.2. The van der Waals surface area contributed by atoms with Crippen molar-refractivity contribution in [3.63, 3.8) is 0 Å². The van der Waals surface area contributed by atoms with Crippen LogP contribution in [0.25, 0.3) is 0 Å². The smallest absolute Gasteiger partial charge is 0.235 e. The van der Waals surface area contributed by atoms with Gasteiger partial charge in [-0.1, -0.05) is 23.4 Å². The lowest BCUT2D eigenvalue weighted by molar-refractivity contribution is -0.113. The van der Waals surface area contributed by atoms with Crippen LogP contribution in [0, 0.1) is 18.3 Å². The summed E-state index contributed by atoms with van der Waals surface area (Å²) in [7, 11) is 1.84. The van der Waals surface area contributed by atoms with Gasteiger partial charge in [0, 0.05) is 16.9 Å². The van der Waals surface area contributed by atoms with Gasteiger partial charge in [-0.25, -0.2) is 0 Å². The quantitative estimate of drug-likeness (QED) is 0.476. The van der Waals surface area contributed by atoms with Crippen molar-refractivity contribution in [1.82, 2.24) is 14.8 Å². The number of nitrogens with zero attached hydrogens (tertiary/aromatic N) is 4. The highest BCUT2D eigenvalue weighted by Gasteiger charge is 2.22. The van der Waals surface area contributed by atoms with Crippen molar-refractivity contribution >= 4 is 45.6 Å². The molecule has 32 heavy (non-hydrogen) atoms. The number of thioether (sulfide) groups is 1. The Morgan fingerprint density at radius 1 is 1.38 bits per heavy atom. The van der Waals surface area contributed by atoms with Gasteiger partial charge in [0.2, 0.25) is 5.91 Å². The van der Waals surface area contributed by atoms with Crippen molar-refractivity contribution in [3.05, 3.63) is 50.6 Å². The number of rotatable bonds is 7. The molecule has 0 saturated carbocycles. The van der Waals surface area contributed by atoms with Crippen molar-refractivity contribution in [2.75, 3.05) is 11.1 Å². The Balaban J connectivity index is 1.34. The van der Waals surface area contributed by atoms with Crippen molar-refractivity contribution in [3.8, 4) is 11.8 Å². The molecule has 1 N–H and O–H groups in total. The van der Waals surface area contributed by atoms with Gasteiger partial charge in [-0.05, 0) is 61.9 Å². The highest BCUT2D eigenvalue weighted by molar-refractivity contribution is 7.99. The molecule has 1 aromatic carbocycles. The minimum atomic E-state index is -0.164. The average molecular weight is 488 g/mol. The molecule has 3 aromatic rings. The van der Waals surface area contributed by atoms with Crippen LogP contribution in [0.4, 0.5) is 5.00 Å². The fourth-order valence-corrected chi connectivity index (χ4v) is 5.79. The first-order valence-corrected chi connectivity index (χ1v) is 12.4. The lowest BCUT2D eigenvalue weighted by Crippen LogP contribution is -2.14. The van der Waals surface area contributed by atoms with Gasteiger partial charge in [0.1, 0.15) is 23.4 Å². The molecule has 0 radical (unpaired) electrons. The summed E-state index contributed by atoms with van der Waals surface area (Å²) in [5.74, 6) is 1.40. The lowest BCUT2D eigenvalue weighted by Gasteiger charge is -2.09. The van der Waals surface area contributed by atoms with Crippen LogP contribution in [0.15, 0.2) is 23.4 Å². The van der Waals surface area contributed by atoms with Crippen molar-refractivity contribution in [2.24, 2.45) is 7.05 Å². The third-order valence-corrected chi connectivity index (χ3v) is 7.75. The van der Waals surface area contributed by atoms with E-state index in [-0.39, 0.29) is 18.3 Å². The second kappa shape index (κ2) is 9.94.